The van der Waals surface area contributed by atoms with Gasteiger partial charge in [0, 0.05) is 18.8 Å². The molecule has 2 amide bonds. The van der Waals surface area contributed by atoms with Crippen LogP contribution in [0.15, 0.2) is 23.3 Å². The molecule has 0 atom stereocenters. The molecule has 1 aliphatic heterocycles. The molecule has 0 radical (unpaired) electrons. The number of ether oxygens (including phenoxy) is 2. The van der Waals surface area contributed by atoms with Crippen LogP contribution < -0.4 is 14.9 Å². The lowest BCUT2D eigenvalue weighted by Crippen LogP contribution is -2.29. The number of nitrogens with zero attached hydrogens (tertiary/aromatic N) is 2. The summed E-state index contributed by atoms with van der Waals surface area (Å²) < 4.78 is 10.4. The number of benzene rings is 1. The summed E-state index contributed by atoms with van der Waals surface area (Å²) in [5.41, 5.74) is 3.88. The van der Waals surface area contributed by atoms with Crippen LogP contribution in [0.4, 0.5) is 0 Å². The lowest BCUT2D eigenvalue weighted by atomic mass is 10.1. The Bertz CT molecular complexity index is 652. The molecule has 136 valence electrons. The number of amides is 2. The van der Waals surface area contributed by atoms with Gasteiger partial charge < -0.3 is 14.4 Å². The molecular weight excluding hydrogens is 322 g/mol. The summed E-state index contributed by atoms with van der Waals surface area (Å²) in [6.45, 7) is 3.38. The highest BCUT2D eigenvalue weighted by Gasteiger charge is 2.18. The molecule has 1 saturated heterocycles. The van der Waals surface area contributed by atoms with Gasteiger partial charge in [0.05, 0.1) is 27.1 Å². The van der Waals surface area contributed by atoms with Crippen LogP contribution in [-0.2, 0) is 16.0 Å². The van der Waals surface area contributed by atoms with Crippen molar-refractivity contribution in [1.82, 2.24) is 10.3 Å². The Morgan fingerprint density at radius 1 is 1.16 bits per heavy atom. The molecule has 7 nitrogen and oxygen atoms in total. The molecule has 1 N–H and O–H groups in total. The third kappa shape index (κ3) is 5.48. The van der Waals surface area contributed by atoms with Crippen LogP contribution in [0, 0.1) is 0 Å². The van der Waals surface area contributed by atoms with Gasteiger partial charge in [-0.25, -0.2) is 5.43 Å². The fraction of sp³-hybridized carbons (Fsp3) is 0.500. The first kappa shape index (κ1) is 18.8. The van der Waals surface area contributed by atoms with E-state index in [0.717, 1.165) is 31.5 Å². The van der Waals surface area contributed by atoms with Crippen molar-refractivity contribution >= 4 is 17.5 Å². The maximum atomic E-state index is 12.0. The minimum atomic E-state index is -0.250. The second-order valence-corrected chi connectivity index (χ2v) is 6.01. The molecule has 1 fully saturated rings. The third-order valence-electron chi connectivity index (χ3n) is 4.05. The Labute approximate surface area is 148 Å². The third-order valence-corrected chi connectivity index (χ3v) is 4.05. The second-order valence-electron chi connectivity index (χ2n) is 6.01. The predicted molar refractivity (Wildman–Crippen MR) is 94.9 cm³/mol. The van der Waals surface area contributed by atoms with Crippen LogP contribution in [0.5, 0.6) is 11.5 Å². The summed E-state index contributed by atoms with van der Waals surface area (Å²) >= 11 is 0. The normalized spacial score (nSPS) is 14.4. The summed E-state index contributed by atoms with van der Waals surface area (Å²) in [6, 6.07) is 5.31. The fourth-order valence-electron chi connectivity index (χ4n) is 2.71. The zero-order valence-electron chi connectivity index (χ0n) is 15.0. The first-order valence-corrected chi connectivity index (χ1v) is 8.34. The van der Waals surface area contributed by atoms with Gasteiger partial charge in [-0.2, -0.15) is 5.10 Å². The van der Waals surface area contributed by atoms with E-state index < -0.39 is 0 Å². The van der Waals surface area contributed by atoms with Gasteiger partial charge in [-0.3, -0.25) is 9.59 Å². The zero-order valence-corrected chi connectivity index (χ0v) is 15.0. The number of carbonyl (C=O) groups excluding carboxylic acids is 2. The quantitative estimate of drug-likeness (QED) is 0.602. The minimum absolute atomic E-state index is 0.0629. The van der Waals surface area contributed by atoms with Crippen molar-refractivity contribution < 1.29 is 19.1 Å². The first-order valence-electron chi connectivity index (χ1n) is 8.34. The summed E-state index contributed by atoms with van der Waals surface area (Å²) in [7, 11) is 3.11. The first-order chi connectivity index (χ1) is 12.0. The predicted octanol–water partition coefficient (Wildman–Crippen LogP) is 1.75. The summed E-state index contributed by atoms with van der Waals surface area (Å²) in [4.78, 5) is 25.9. The van der Waals surface area contributed by atoms with Gasteiger partial charge in [-0.15, -0.1) is 0 Å². The Morgan fingerprint density at radius 3 is 2.48 bits per heavy atom. The van der Waals surface area contributed by atoms with E-state index in [1.807, 2.05) is 4.90 Å². The number of hydrogen-bond donors (Lipinski definition) is 1. The monoisotopic (exact) mass is 347 g/mol. The molecular formula is C18H25N3O4. The highest BCUT2D eigenvalue weighted by atomic mass is 16.5. The van der Waals surface area contributed by atoms with Gasteiger partial charge in [-0.05, 0) is 37.5 Å². The van der Waals surface area contributed by atoms with Gasteiger partial charge in [0.25, 0.3) is 0 Å². The van der Waals surface area contributed by atoms with E-state index in [9.17, 15) is 9.59 Å². The van der Waals surface area contributed by atoms with E-state index in [1.54, 1.807) is 39.3 Å². The smallest absolute Gasteiger partial charge is 0.244 e. The van der Waals surface area contributed by atoms with Crippen LogP contribution >= 0.6 is 0 Å². The van der Waals surface area contributed by atoms with Gasteiger partial charge in [0.15, 0.2) is 11.5 Å². The van der Waals surface area contributed by atoms with Crippen molar-refractivity contribution in [3.8, 4) is 11.5 Å². The van der Waals surface area contributed by atoms with Crippen molar-refractivity contribution in [2.45, 2.75) is 32.6 Å². The molecule has 25 heavy (non-hydrogen) atoms. The average molecular weight is 347 g/mol. The fourth-order valence-corrected chi connectivity index (χ4v) is 2.71. The van der Waals surface area contributed by atoms with E-state index in [1.165, 1.54) is 0 Å². The molecule has 1 heterocycles. The molecule has 0 aromatic heterocycles. The number of carbonyl (C=O) groups is 2. The lowest BCUT2D eigenvalue weighted by Gasteiger charge is -2.14. The van der Waals surface area contributed by atoms with Gasteiger partial charge >= 0.3 is 0 Å². The molecule has 0 unspecified atom stereocenters. The second kappa shape index (κ2) is 9.05. The molecule has 1 aromatic rings. The van der Waals surface area contributed by atoms with Crippen LogP contribution in [0.25, 0.3) is 0 Å². The number of methoxy groups -OCH3 is 2. The standard InChI is InChI=1S/C18H25N3O4/c1-13(10-18(23)21-8-4-5-9-21)19-20-17(22)12-14-6-7-15(24-2)16(11-14)25-3/h6-7,11H,4-5,8-10,12H2,1-3H3,(H,20,22)/b19-13-. The Hall–Kier alpha value is -2.57. The van der Waals surface area contributed by atoms with E-state index >= 15 is 0 Å². The van der Waals surface area contributed by atoms with Crippen molar-refractivity contribution in [1.29, 1.82) is 0 Å². The highest BCUT2D eigenvalue weighted by molar-refractivity contribution is 6.00. The van der Waals surface area contributed by atoms with Crippen LogP contribution in [0.2, 0.25) is 0 Å². The van der Waals surface area contributed by atoms with Gasteiger partial charge in [0.2, 0.25) is 11.8 Å². The molecule has 0 bridgehead atoms. The number of hydrogen-bond acceptors (Lipinski definition) is 5. The summed E-state index contributed by atoms with van der Waals surface area (Å²) in [5.74, 6) is 0.998. The van der Waals surface area contributed by atoms with Crippen molar-refractivity contribution in [3.05, 3.63) is 23.8 Å². The molecule has 0 saturated carbocycles. The number of likely N-dealkylation sites (tertiary alicyclic amines) is 1. The number of hydrazone groups is 1. The van der Waals surface area contributed by atoms with Gasteiger partial charge in [0.1, 0.15) is 0 Å². The minimum Gasteiger partial charge on any atom is -0.493 e. The maximum absolute atomic E-state index is 12.0. The van der Waals surface area contributed by atoms with Crippen molar-refractivity contribution in [2.75, 3.05) is 27.3 Å². The molecule has 1 aromatic carbocycles. The molecule has 0 aliphatic carbocycles. The van der Waals surface area contributed by atoms with E-state index in [-0.39, 0.29) is 24.7 Å². The van der Waals surface area contributed by atoms with E-state index in [0.29, 0.717) is 17.2 Å². The Kier molecular flexibility index (Phi) is 6.80. The Morgan fingerprint density at radius 2 is 1.84 bits per heavy atom. The SMILES string of the molecule is COc1ccc(CC(=O)N/N=C(/C)CC(=O)N2CCCC2)cc1OC. The number of nitrogens with one attached hydrogen (secondary N) is 1. The Balaban J connectivity index is 1.85. The number of rotatable bonds is 7. The van der Waals surface area contributed by atoms with Crippen LogP contribution in [0.1, 0.15) is 31.7 Å². The lowest BCUT2D eigenvalue weighted by molar-refractivity contribution is -0.128. The summed E-state index contributed by atoms with van der Waals surface area (Å²) in [6.07, 6.45) is 2.52. The average Bonchev–Trinajstić information content (AvgIpc) is 3.14. The van der Waals surface area contributed by atoms with E-state index in [4.69, 9.17) is 9.47 Å². The highest BCUT2D eigenvalue weighted by Crippen LogP contribution is 2.27. The zero-order chi connectivity index (χ0) is 18.2. The molecule has 1 aliphatic rings. The maximum Gasteiger partial charge on any atom is 0.244 e. The summed E-state index contributed by atoms with van der Waals surface area (Å²) in [5, 5.41) is 4.02. The largest absolute Gasteiger partial charge is 0.493 e. The van der Waals surface area contributed by atoms with Crippen molar-refractivity contribution in [3.63, 3.8) is 0 Å². The topological polar surface area (TPSA) is 80.2 Å². The molecule has 2 rings (SSSR count). The molecule has 0 spiro atoms. The molecule has 7 heteroatoms. The van der Waals surface area contributed by atoms with E-state index in [2.05, 4.69) is 10.5 Å². The van der Waals surface area contributed by atoms with Crippen molar-refractivity contribution in [2.24, 2.45) is 5.10 Å². The van der Waals surface area contributed by atoms with Crippen LogP contribution in [-0.4, -0.2) is 49.7 Å². The van der Waals surface area contributed by atoms with Crippen LogP contribution in [0.3, 0.4) is 0 Å². The van der Waals surface area contributed by atoms with Gasteiger partial charge in [-0.1, -0.05) is 6.07 Å².